The number of piperidine rings is 1. The normalized spacial score (nSPS) is 13.0. The van der Waals surface area contributed by atoms with E-state index >= 15 is 0 Å². The number of carbonyl (C=O) groups excluding carboxylic acids is 1. The Labute approximate surface area is 235 Å². The third-order valence-electron chi connectivity index (χ3n) is 6.31. The first-order chi connectivity index (χ1) is 17.3. The van der Waals surface area contributed by atoms with Gasteiger partial charge < -0.3 is 14.7 Å². The van der Waals surface area contributed by atoms with Crippen LogP contribution in [0.2, 0.25) is 5.02 Å². The van der Waals surface area contributed by atoms with E-state index in [-0.39, 0.29) is 41.1 Å². The number of hydrogen-bond acceptors (Lipinski definition) is 5. The smallest absolute Gasteiger partial charge is 0.339 e. The first kappa shape index (κ1) is 28.8. The summed E-state index contributed by atoms with van der Waals surface area (Å²) in [4.78, 5) is 27.1. The number of methoxy groups -OCH3 is 1. The van der Waals surface area contributed by atoms with Gasteiger partial charge in [-0.15, -0.1) is 12.4 Å². The fraction of sp³-hybridized carbons (Fsp3) is 0.259. The van der Waals surface area contributed by atoms with Crippen LogP contribution in [-0.4, -0.2) is 37.2 Å². The van der Waals surface area contributed by atoms with Crippen LogP contribution >= 0.6 is 39.9 Å². The number of hydrazine groups is 1. The number of benzene rings is 3. The van der Waals surface area contributed by atoms with Crippen LogP contribution in [0.4, 0.5) is 11.4 Å². The molecule has 7 nitrogen and oxygen atoms in total. The number of hydrogen-bond donors (Lipinski definition) is 2. The Morgan fingerprint density at radius 3 is 2.41 bits per heavy atom. The minimum absolute atomic E-state index is 0. The van der Waals surface area contributed by atoms with E-state index in [0.29, 0.717) is 11.3 Å². The molecule has 3 N–H and O–H groups in total. The quantitative estimate of drug-likeness (QED) is 0.185. The molecule has 0 aromatic heterocycles. The van der Waals surface area contributed by atoms with Crippen molar-refractivity contribution in [2.75, 3.05) is 30.1 Å². The molecule has 196 valence electrons. The molecule has 0 aliphatic carbocycles. The van der Waals surface area contributed by atoms with Crippen molar-refractivity contribution in [3.8, 4) is 16.9 Å². The van der Waals surface area contributed by atoms with Crippen molar-refractivity contribution in [3.05, 3.63) is 75.2 Å². The molecular formula is C27H28BrCl2N3O4. The van der Waals surface area contributed by atoms with Gasteiger partial charge in [-0.25, -0.2) is 15.6 Å². The zero-order valence-electron chi connectivity index (χ0n) is 20.2. The summed E-state index contributed by atoms with van der Waals surface area (Å²) in [5.74, 6) is 5.03. The number of carboxylic acid groups (broad SMARTS) is 1. The highest BCUT2D eigenvalue weighted by Gasteiger charge is 2.25. The monoisotopic (exact) mass is 607 g/mol. The maximum absolute atomic E-state index is 13.4. The van der Waals surface area contributed by atoms with E-state index in [2.05, 4.69) is 20.8 Å². The van der Waals surface area contributed by atoms with Gasteiger partial charge in [0.05, 0.1) is 24.9 Å². The number of carboxylic acids is 1. The summed E-state index contributed by atoms with van der Waals surface area (Å²) in [6.07, 6.45) is 3.19. The summed E-state index contributed by atoms with van der Waals surface area (Å²) in [5, 5.41) is 10.7. The van der Waals surface area contributed by atoms with E-state index in [1.807, 2.05) is 42.5 Å². The van der Waals surface area contributed by atoms with Crippen molar-refractivity contribution in [2.24, 2.45) is 5.84 Å². The Hall–Kier alpha value is -2.78. The number of ether oxygens (including phenoxy) is 1. The molecule has 1 amide bonds. The summed E-state index contributed by atoms with van der Waals surface area (Å²) in [5.41, 5.74) is 3.91. The summed E-state index contributed by atoms with van der Waals surface area (Å²) >= 11 is 9.82. The molecule has 0 atom stereocenters. The van der Waals surface area contributed by atoms with E-state index in [1.165, 1.54) is 30.7 Å². The van der Waals surface area contributed by atoms with Crippen molar-refractivity contribution >= 4 is 63.2 Å². The number of anilines is 2. The van der Waals surface area contributed by atoms with Crippen LogP contribution in [0.3, 0.4) is 0 Å². The molecule has 10 heteroatoms. The van der Waals surface area contributed by atoms with Gasteiger partial charge in [0.25, 0.3) is 0 Å². The predicted molar refractivity (Wildman–Crippen MR) is 153 cm³/mol. The van der Waals surface area contributed by atoms with Gasteiger partial charge in [-0.2, -0.15) is 0 Å². The zero-order valence-corrected chi connectivity index (χ0v) is 23.4. The number of amides is 1. The summed E-state index contributed by atoms with van der Waals surface area (Å²) in [6.45, 7) is 1.75. The van der Waals surface area contributed by atoms with Gasteiger partial charge in [0.15, 0.2) is 0 Å². The molecule has 1 aliphatic rings. The minimum atomic E-state index is -1.16. The first-order valence-electron chi connectivity index (χ1n) is 11.6. The van der Waals surface area contributed by atoms with Gasteiger partial charge in [-0.1, -0.05) is 51.8 Å². The van der Waals surface area contributed by atoms with E-state index in [9.17, 15) is 14.7 Å². The number of nitrogens with two attached hydrogens (primary N) is 1. The lowest BCUT2D eigenvalue weighted by Gasteiger charge is -2.34. The van der Waals surface area contributed by atoms with Crippen LogP contribution in [-0.2, 0) is 11.2 Å². The molecule has 0 radical (unpaired) electrons. The Balaban J connectivity index is 0.00000380. The predicted octanol–water partition coefficient (Wildman–Crippen LogP) is 6.34. The molecule has 37 heavy (non-hydrogen) atoms. The van der Waals surface area contributed by atoms with Crippen molar-refractivity contribution in [1.82, 2.24) is 0 Å². The molecule has 0 bridgehead atoms. The van der Waals surface area contributed by atoms with Crippen LogP contribution in [0.1, 0.15) is 35.2 Å². The summed E-state index contributed by atoms with van der Waals surface area (Å²) in [6, 6.07) is 16.6. The number of rotatable bonds is 7. The molecule has 0 spiro atoms. The van der Waals surface area contributed by atoms with Crippen LogP contribution in [0.25, 0.3) is 11.1 Å². The highest BCUT2D eigenvalue weighted by atomic mass is 79.9. The molecule has 1 heterocycles. The van der Waals surface area contributed by atoms with Gasteiger partial charge in [0.1, 0.15) is 11.3 Å². The molecule has 3 aromatic rings. The van der Waals surface area contributed by atoms with Gasteiger partial charge >= 0.3 is 5.97 Å². The van der Waals surface area contributed by atoms with Gasteiger partial charge in [-0.05, 0) is 60.7 Å². The van der Waals surface area contributed by atoms with Crippen LogP contribution in [0, 0.1) is 0 Å². The number of para-hydroxylation sites is 1. The Morgan fingerprint density at radius 1 is 1.11 bits per heavy atom. The lowest BCUT2D eigenvalue weighted by atomic mass is 9.99. The number of aromatic carboxylic acids is 1. The Bertz CT molecular complexity index is 1280. The average molecular weight is 609 g/mol. The third kappa shape index (κ3) is 6.38. The summed E-state index contributed by atoms with van der Waals surface area (Å²) < 4.78 is 6.18. The van der Waals surface area contributed by atoms with E-state index in [4.69, 9.17) is 22.2 Å². The highest BCUT2D eigenvalue weighted by molar-refractivity contribution is 9.10. The lowest BCUT2D eigenvalue weighted by molar-refractivity contribution is -0.118. The van der Waals surface area contributed by atoms with Crippen molar-refractivity contribution in [3.63, 3.8) is 0 Å². The molecule has 1 aliphatic heterocycles. The molecule has 0 saturated carbocycles. The number of carbonyl (C=O) groups is 2. The highest BCUT2D eigenvalue weighted by Crippen LogP contribution is 2.40. The van der Waals surface area contributed by atoms with Crippen molar-refractivity contribution in [2.45, 2.75) is 25.7 Å². The lowest BCUT2D eigenvalue weighted by Crippen LogP contribution is -2.41. The van der Waals surface area contributed by atoms with Crippen molar-refractivity contribution in [1.29, 1.82) is 0 Å². The molecule has 1 saturated heterocycles. The van der Waals surface area contributed by atoms with E-state index in [1.54, 1.807) is 0 Å². The fourth-order valence-corrected chi connectivity index (χ4v) is 4.98. The standard InChI is InChI=1S/C27H27BrClN3O4.ClH/c1-36-24-14-18(22(29)16-21(24)27(34)35)15-25(33)32(30)23-7-5-6-20(17-8-10-19(28)11-9-17)26(23)31-12-3-2-4-13-31;/h5-11,14,16H,2-4,12-13,15,30H2,1H3,(H,34,35);1H. The number of halogens is 3. The minimum Gasteiger partial charge on any atom is -0.496 e. The topological polar surface area (TPSA) is 96.1 Å². The molecule has 4 rings (SSSR count). The van der Waals surface area contributed by atoms with E-state index in [0.717, 1.165) is 47.2 Å². The van der Waals surface area contributed by atoms with Gasteiger partial charge in [-0.3, -0.25) is 4.79 Å². The third-order valence-corrected chi connectivity index (χ3v) is 7.19. The molecule has 3 aromatic carbocycles. The zero-order chi connectivity index (χ0) is 25.8. The SMILES string of the molecule is COc1cc(CC(=O)N(N)c2cccc(-c3ccc(Br)cc3)c2N2CCCCC2)c(Cl)cc1C(=O)O.Cl. The first-order valence-corrected chi connectivity index (χ1v) is 12.8. The van der Waals surface area contributed by atoms with Crippen LogP contribution < -0.4 is 20.5 Å². The Kier molecular flexibility index (Phi) is 9.84. The summed E-state index contributed by atoms with van der Waals surface area (Å²) in [7, 11) is 1.37. The fourth-order valence-electron chi connectivity index (χ4n) is 4.49. The second-order valence-corrected chi connectivity index (χ2v) is 9.94. The number of nitrogens with zero attached hydrogens (tertiary/aromatic N) is 2. The Morgan fingerprint density at radius 2 is 1.78 bits per heavy atom. The molecular weight excluding hydrogens is 581 g/mol. The largest absolute Gasteiger partial charge is 0.496 e. The molecule has 1 fully saturated rings. The van der Waals surface area contributed by atoms with Gasteiger partial charge in [0, 0.05) is 28.1 Å². The maximum atomic E-state index is 13.4. The van der Waals surface area contributed by atoms with Crippen LogP contribution in [0.5, 0.6) is 5.75 Å². The second kappa shape index (κ2) is 12.6. The second-order valence-electron chi connectivity index (χ2n) is 8.62. The average Bonchev–Trinajstić information content (AvgIpc) is 2.89. The van der Waals surface area contributed by atoms with Crippen molar-refractivity contribution < 1.29 is 19.4 Å². The van der Waals surface area contributed by atoms with Crippen LogP contribution in [0.15, 0.2) is 59.1 Å². The van der Waals surface area contributed by atoms with E-state index < -0.39 is 5.97 Å². The maximum Gasteiger partial charge on any atom is 0.339 e. The molecule has 0 unspecified atom stereocenters. The van der Waals surface area contributed by atoms with Gasteiger partial charge in [0.2, 0.25) is 5.91 Å².